The minimum Gasteiger partial charge on any atom is -0.370 e. The number of Topliss-reactive ketones (excluding diaryl/α,β-unsaturated/α-hetero) is 1. The fourth-order valence-corrected chi connectivity index (χ4v) is 0.904. The smallest absolute Gasteiger partial charge is 0.217 e. The van der Waals surface area contributed by atoms with E-state index in [4.69, 9.17) is 11.5 Å². The number of carbonyl (C=O) groups excluding carboxylic acids is 2. The third kappa shape index (κ3) is 4.85. The van der Waals surface area contributed by atoms with Gasteiger partial charge in [-0.2, -0.15) is 0 Å². The molecular formula is C8H16N2O2. The zero-order valence-corrected chi connectivity index (χ0v) is 7.38. The largest absolute Gasteiger partial charge is 0.370 e. The van der Waals surface area contributed by atoms with Crippen LogP contribution in [0.25, 0.3) is 0 Å². The molecule has 0 aromatic rings. The lowest BCUT2D eigenvalue weighted by molar-refractivity contribution is -0.124. The van der Waals surface area contributed by atoms with Crippen LogP contribution in [0.3, 0.4) is 0 Å². The fourth-order valence-electron chi connectivity index (χ4n) is 0.904. The van der Waals surface area contributed by atoms with Gasteiger partial charge in [-0.15, -0.1) is 0 Å². The molecule has 4 heteroatoms. The van der Waals surface area contributed by atoms with Gasteiger partial charge in [0.25, 0.3) is 0 Å². The number of amides is 1. The average molecular weight is 172 g/mol. The predicted octanol–water partition coefficient (Wildman–Crippen LogP) is -0.0516. The zero-order chi connectivity index (χ0) is 9.56. The molecule has 0 spiro atoms. The lowest BCUT2D eigenvalue weighted by Gasteiger charge is -2.07. The van der Waals surface area contributed by atoms with Crippen LogP contribution in [0.2, 0.25) is 0 Å². The summed E-state index contributed by atoms with van der Waals surface area (Å²) >= 11 is 0. The Hall–Kier alpha value is -0.900. The van der Waals surface area contributed by atoms with E-state index in [1.54, 1.807) is 0 Å². The van der Waals surface area contributed by atoms with E-state index in [2.05, 4.69) is 0 Å². The van der Waals surface area contributed by atoms with E-state index in [9.17, 15) is 9.59 Å². The minimum atomic E-state index is -0.452. The minimum absolute atomic E-state index is 0.0735. The van der Waals surface area contributed by atoms with Crippen molar-refractivity contribution in [2.24, 2.45) is 11.5 Å². The summed E-state index contributed by atoms with van der Waals surface area (Å²) in [6.45, 7) is 1.96. The Bertz CT molecular complexity index is 168. The van der Waals surface area contributed by atoms with Crippen LogP contribution in [-0.4, -0.2) is 17.7 Å². The molecule has 0 fully saturated rings. The molecule has 4 nitrogen and oxygen atoms in total. The highest BCUT2D eigenvalue weighted by Crippen LogP contribution is 1.99. The number of nitrogens with two attached hydrogens (primary N) is 2. The van der Waals surface area contributed by atoms with Crippen molar-refractivity contribution in [2.45, 2.75) is 38.6 Å². The predicted molar refractivity (Wildman–Crippen MR) is 46.3 cm³/mol. The highest BCUT2D eigenvalue weighted by atomic mass is 16.1. The van der Waals surface area contributed by atoms with Gasteiger partial charge in [-0.1, -0.05) is 13.3 Å². The number of primary amides is 1. The molecule has 70 valence electrons. The first-order valence-electron chi connectivity index (χ1n) is 4.14. The SMILES string of the molecule is CCCC(N)C(=O)CCC(N)=O. The second-order valence-electron chi connectivity index (χ2n) is 2.83. The zero-order valence-electron chi connectivity index (χ0n) is 7.38. The number of carbonyl (C=O) groups is 2. The normalized spacial score (nSPS) is 12.5. The van der Waals surface area contributed by atoms with Gasteiger partial charge < -0.3 is 11.5 Å². The summed E-state index contributed by atoms with van der Waals surface area (Å²) in [5, 5.41) is 0. The molecule has 0 radical (unpaired) electrons. The fraction of sp³-hybridized carbons (Fsp3) is 0.750. The van der Waals surface area contributed by atoms with Crippen molar-refractivity contribution in [1.82, 2.24) is 0 Å². The summed E-state index contributed by atoms with van der Waals surface area (Å²) in [6.07, 6.45) is 1.84. The van der Waals surface area contributed by atoms with Crippen LogP contribution in [-0.2, 0) is 9.59 Å². The maximum absolute atomic E-state index is 11.1. The van der Waals surface area contributed by atoms with Crippen LogP contribution >= 0.6 is 0 Å². The van der Waals surface area contributed by atoms with Gasteiger partial charge in [-0.05, 0) is 6.42 Å². The van der Waals surface area contributed by atoms with Crippen molar-refractivity contribution >= 4 is 11.7 Å². The van der Waals surface area contributed by atoms with Crippen molar-refractivity contribution in [1.29, 1.82) is 0 Å². The molecule has 0 aromatic carbocycles. The lowest BCUT2D eigenvalue weighted by Crippen LogP contribution is -2.30. The third-order valence-electron chi connectivity index (χ3n) is 1.63. The van der Waals surface area contributed by atoms with Crippen LogP contribution in [0.5, 0.6) is 0 Å². The highest BCUT2D eigenvalue weighted by molar-refractivity contribution is 5.87. The van der Waals surface area contributed by atoms with Gasteiger partial charge in [0.1, 0.15) is 5.78 Å². The second-order valence-corrected chi connectivity index (χ2v) is 2.83. The van der Waals surface area contributed by atoms with Crippen molar-refractivity contribution in [3.63, 3.8) is 0 Å². The quantitative estimate of drug-likeness (QED) is 0.589. The van der Waals surface area contributed by atoms with E-state index < -0.39 is 11.9 Å². The molecule has 0 bridgehead atoms. The number of hydrogen-bond acceptors (Lipinski definition) is 3. The summed E-state index contributed by atoms with van der Waals surface area (Å²) < 4.78 is 0. The molecule has 0 saturated carbocycles. The Balaban J connectivity index is 3.64. The molecule has 1 amide bonds. The molecule has 0 aliphatic carbocycles. The summed E-state index contributed by atoms with van der Waals surface area (Å²) in [4.78, 5) is 21.4. The summed E-state index contributed by atoms with van der Waals surface area (Å²) in [5.41, 5.74) is 10.4. The lowest BCUT2D eigenvalue weighted by atomic mass is 10.0. The summed E-state index contributed by atoms with van der Waals surface area (Å²) in [5.74, 6) is -0.525. The maximum atomic E-state index is 11.1. The van der Waals surface area contributed by atoms with Crippen molar-refractivity contribution < 1.29 is 9.59 Å². The van der Waals surface area contributed by atoms with E-state index in [-0.39, 0.29) is 18.6 Å². The van der Waals surface area contributed by atoms with Gasteiger partial charge >= 0.3 is 0 Å². The Kier molecular flexibility index (Phi) is 5.28. The molecule has 0 rings (SSSR count). The number of hydrogen-bond donors (Lipinski definition) is 2. The monoisotopic (exact) mass is 172 g/mol. The Morgan fingerprint density at radius 3 is 2.33 bits per heavy atom. The van der Waals surface area contributed by atoms with Crippen molar-refractivity contribution in [2.75, 3.05) is 0 Å². The summed E-state index contributed by atoms with van der Waals surface area (Å²) in [6, 6.07) is -0.422. The molecule has 1 unspecified atom stereocenters. The molecule has 0 aromatic heterocycles. The van der Waals surface area contributed by atoms with Crippen molar-refractivity contribution in [3.05, 3.63) is 0 Å². The highest BCUT2D eigenvalue weighted by Gasteiger charge is 2.12. The topological polar surface area (TPSA) is 86.2 Å². The number of rotatable bonds is 6. The third-order valence-corrected chi connectivity index (χ3v) is 1.63. The number of ketones is 1. The molecule has 12 heavy (non-hydrogen) atoms. The van der Waals surface area contributed by atoms with Crippen LogP contribution in [0, 0.1) is 0 Å². The second kappa shape index (κ2) is 5.71. The van der Waals surface area contributed by atoms with E-state index >= 15 is 0 Å². The van der Waals surface area contributed by atoms with Crippen LogP contribution in [0.1, 0.15) is 32.6 Å². The van der Waals surface area contributed by atoms with E-state index in [0.717, 1.165) is 6.42 Å². The first kappa shape index (κ1) is 11.1. The van der Waals surface area contributed by atoms with E-state index in [0.29, 0.717) is 6.42 Å². The van der Waals surface area contributed by atoms with Crippen LogP contribution in [0.15, 0.2) is 0 Å². The Labute approximate surface area is 72.3 Å². The molecular weight excluding hydrogens is 156 g/mol. The average Bonchev–Trinajstić information content (AvgIpc) is 2.00. The molecule has 1 atom stereocenters. The van der Waals surface area contributed by atoms with Gasteiger partial charge in [0.05, 0.1) is 6.04 Å². The molecule has 0 heterocycles. The molecule has 4 N–H and O–H groups in total. The maximum Gasteiger partial charge on any atom is 0.217 e. The summed E-state index contributed by atoms with van der Waals surface area (Å²) in [7, 11) is 0. The van der Waals surface area contributed by atoms with Gasteiger partial charge in [-0.3, -0.25) is 9.59 Å². The Morgan fingerprint density at radius 1 is 1.33 bits per heavy atom. The van der Waals surface area contributed by atoms with E-state index in [1.165, 1.54) is 0 Å². The van der Waals surface area contributed by atoms with E-state index in [1.807, 2.05) is 6.92 Å². The first-order chi connectivity index (χ1) is 5.57. The van der Waals surface area contributed by atoms with Crippen LogP contribution < -0.4 is 11.5 Å². The first-order valence-corrected chi connectivity index (χ1v) is 4.14. The van der Waals surface area contributed by atoms with Gasteiger partial charge in [0, 0.05) is 12.8 Å². The molecule has 0 aliphatic rings. The molecule has 0 aliphatic heterocycles. The van der Waals surface area contributed by atoms with Crippen LogP contribution in [0.4, 0.5) is 0 Å². The molecule has 0 saturated heterocycles. The Morgan fingerprint density at radius 2 is 1.92 bits per heavy atom. The van der Waals surface area contributed by atoms with Gasteiger partial charge in [0.2, 0.25) is 5.91 Å². The standard InChI is InChI=1S/C8H16N2O2/c1-2-3-6(9)7(11)4-5-8(10)12/h6H,2-5,9H2,1H3,(H2,10,12). The van der Waals surface area contributed by atoms with Gasteiger partial charge in [0.15, 0.2) is 0 Å². The van der Waals surface area contributed by atoms with Crippen molar-refractivity contribution in [3.8, 4) is 0 Å². The van der Waals surface area contributed by atoms with Gasteiger partial charge in [-0.25, -0.2) is 0 Å².